The summed E-state index contributed by atoms with van der Waals surface area (Å²) in [4.78, 5) is 0. The minimum Gasteiger partial charge on any atom is -0.508 e. The van der Waals surface area contributed by atoms with E-state index in [0.29, 0.717) is 12.1 Å². The van der Waals surface area contributed by atoms with Crippen LogP contribution in [-0.4, -0.2) is 16.3 Å². The van der Waals surface area contributed by atoms with Gasteiger partial charge in [0.1, 0.15) is 5.75 Å². The van der Waals surface area contributed by atoms with Crippen LogP contribution >= 0.6 is 0 Å². The van der Waals surface area contributed by atoms with Crippen molar-refractivity contribution in [1.29, 1.82) is 0 Å². The summed E-state index contributed by atoms with van der Waals surface area (Å²) in [7, 11) is 0. The zero-order valence-electron chi connectivity index (χ0n) is 11.0. The van der Waals surface area contributed by atoms with Crippen molar-refractivity contribution in [2.45, 2.75) is 25.6 Å². The topological polar surface area (TPSA) is 52.5 Å². The Labute approximate surface area is 113 Å². The van der Waals surface area contributed by atoms with Crippen molar-refractivity contribution in [2.75, 3.05) is 0 Å². The molecule has 0 aliphatic heterocycles. The Morgan fingerprint density at radius 2 is 1.79 bits per heavy atom. The van der Waals surface area contributed by atoms with Gasteiger partial charge in [0, 0.05) is 12.6 Å². The molecule has 2 rings (SSSR count). The van der Waals surface area contributed by atoms with Gasteiger partial charge in [-0.3, -0.25) is 0 Å². The normalized spacial score (nSPS) is 14.0. The molecule has 3 nitrogen and oxygen atoms in total. The second-order valence-electron chi connectivity index (χ2n) is 4.69. The lowest BCUT2D eigenvalue weighted by Gasteiger charge is -2.21. The summed E-state index contributed by atoms with van der Waals surface area (Å²) in [5.41, 5.74) is 1.89. The fourth-order valence-electron chi connectivity index (χ4n) is 1.98. The highest BCUT2D eigenvalue weighted by molar-refractivity contribution is 5.29. The Bertz CT molecular complexity index is 513. The van der Waals surface area contributed by atoms with Gasteiger partial charge in [0.15, 0.2) is 0 Å². The van der Waals surface area contributed by atoms with Crippen LogP contribution in [0, 0.1) is 0 Å². The fraction of sp³-hybridized carbons (Fsp3) is 0.250. The van der Waals surface area contributed by atoms with Gasteiger partial charge in [-0.15, -0.1) is 0 Å². The highest BCUT2D eigenvalue weighted by atomic mass is 16.3. The molecule has 2 atom stereocenters. The molecule has 19 heavy (non-hydrogen) atoms. The summed E-state index contributed by atoms with van der Waals surface area (Å²) < 4.78 is 0. The average molecular weight is 257 g/mol. The molecule has 0 amide bonds. The number of aromatic hydroxyl groups is 1. The number of aliphatic hydroxyl groups is 1. The van der Waals surface area contributed by atoms with E-state index in [1.165, 1.54) is 5.56 Å². The number of nitrogens with one attached hydrogen (secondary N) is 1. The molecular formula is C16H19NO2. The van der Waals surface area contributed by atoms with Crippen LogP contribution in [0.25, 0.3) is 0 Å². The zero-order chi connectivity index (χ0) is 13.7. The van der Waals surface area contributed by atoms with Crippen molar-refractivity contribution < 1.29 is 10.2 Å². The van der Waals surface area contributed by atoms with Gasteiger partial charge >= 0.3 is 0 Å². The fourth-order valence-corrected chi connectivity index (χ4v) is 1.98. The number of rotatable bonds is 5. The summed E-state index contributed by atoms with van der Waals surface area (Å²) in [6.45, 7) is 2.63. The quantitative estimate of drug-likeness (QED) is 0.771. The van der Waals surface area contributed by atoms with Crippen LogP contribution in [0.3, 0.4) is 0 Å². The molecule has 2 aromatic rings. The predicted octanol–water partition coefficient (Wildman–Crippen LogP) is 2.60. The van der Waals surface area contributed by atoms with Gasteiger partial charge in [-0.2, -0.15) is 0 Å². The van der Waals surface area contributed by atoms with Gasteiger partial charge in [0.2, 0.25) is 0 Å². The van der Waals surface area contributed by atoms with Gasteiger partial charge in [-0.25, -0.2) is 0 Å². The summed E-state index contributed by atoms with van der Waals surface area (Å²) >= 11 is 0. The average Bonchev–Trinajstić information content (AvgIpc) is 2.45. The largest absolute Gasteiger partial charge is 0.508 e. The minimum atomic E-state index is -0.643. The van der Waals surface area contributed by atoms with Gasteiger partial charge in [0.05, 0.1) is 6.10 Å². The van der Waals surface area contributed by atoms with Crippen LogP contribution in [0.5, 0.6) is 5.75 Å². The van der Waals surface area contributed by atoms with E-state index in [0.717, 1.165) is 0 Å². The van der Waals surface area contributed by atoms with Gasteiger partial charge < -0.3 is 15.5 Å². The maximum atomic E-state index is 10.2. The van der Waals surface area contributed by atoms with Crippen LogP contribution in [0.1, 0.15) is 24.2 Å². The van der Waals surface area contributed by atoms with Crippen molar-refractivity contribution in [3.05, 3.63) is 65.7 Å². The lowest BCUT2D eigenvalue weighted by atomic mass is 10.0. The molecule has 0 aliphatic rings. The van der Waals surface area contributed by atoms with Crippen molar-refractivity contribution in [1.82, 2.24) is 5.32 Å². The molecular weight excluding hydrogens is 238 g/mol. The molecule has 100 valence electrons. The van der Waals surface area contributed by atoms with E-state index >= 15 is 0 Å². The lowest BCUT2D eigenvalue weighted by molar-refractivity contribution is 0.135. The summed E-state index contributed by atoms with van der Waals surface area (Å²) in [5.74, 6) is 0.173. The Morgan fingerprint density at radius 3 is 2.47 bits per heavy atom. The molecule has 3 N–H and O–H groups in total. The zero-order valence-corrected chi connectivity index (χ0v) is 11.0. The molecule has 0 spiro atoms. The number of benzene rings is 2. The molecule has 3 heteroatoms. The Balaban J connectivity index is 1.94. The Morgan fingerprint density at radius 1 is 1.05 bits per heavy atom. The standard InChI is InChI=1S/C16H19NO2/c1-12(17-11-13-6-3-2-4-7-13)16(19)14-8-5-9-15(18)10-14/h2-10,12,16-19H,11H2,1H3/t12-,16-/m0/s1. The first-order valence-electron chi connectivity index (χ1n) is 6.41. The van der Waals surface area contributed by atoms with Crippen molar-refractivity contribution in [3.63, 3.8) is 0 Å². The Kier molecular flexibility index (Phi) is 4.55. The molecule has 0 heterocycles. The van der Waals surface area contributed by atoms with Gasteiger partial charge in [-0.1, -0.05) is 42.5 Å². The third-order valence-corrected chi connectivity index (χ3v) is 3.16. The third kappa shape index (κ3) is 3.81. The maximum absolute atomic E-state index is 10.2. The first kappa shape index (κ1) is 13.6. The van der Waals surface area contributed by atoms with E-state index in [2.05, 4.69) is 5.32 Å². The first-order chi connectivity index (χ1) is 9.16. The highest BCUT2D eigenvalue weighted by Crippen LogP contribution is 2.20. The van der Waals surface area contributed by atoms with E-state index < -0.39 is 6.10 Å². The highest BCUT2D eigenvalue weighted by Gasteiger charge is 2.16. The van der Waals surface area contributed by atoms with E-state index in [4.69, 9.17) is 0 Å². The van der Waals surface area contributed by atoms with E-state index in [-0.39, 0.29) is 11.8 Å². The summed E-state index contributed by atoms with van der Waals surface area (Å²) in [5, 5.41) is 22.9. The monoisotopic (exact) mass is 257 g/mol. The second-order valence-corrected chi connectivity index (χ2v) is 4.69. The Hall–Kier alpha value is -1.84. The minimum absolute atomic E-state index is 0.0954. The summed E-state index contributed by atoms with van der Waals surface area (Å²) in [6, 6.07) is 16.7. The molecule has 0 radical (unpaired) electrons. The van der Waals surface area contributed by atoms with Gasteiger partial charge in [-0.05, 0) is 30.2 Å². The molecule has 0 aromatic heterocycles. The molecule has 0 bridgehead atoms. The number of hydrogen-bond acceptors (Lipinski definition) is 3. The van der Waals surface area contributed by atoms with Crippen molar-refractivity contribution >= 4 is 0 Å². The van der Waals surface area contributed by atoms with Crippen LogP contribution in [0.2, 0.25) is 0 Å². The molecule has 2 aromatic carbocycles. The van der Waals surface area contributed by atoms with Crippen LogP contribution in [-0.2, 0) is 6.54 Å². The van der Waals surface area contributed by atoms with Crippen LogP contribution in [0.15, 0.2) is 54.6 Å². The number of hydrogen-bond donors (Lipinski definition) is 3. The SMILES string of the molecule is C[C@H](NCc1ccccc1)[C@H](O)c1cccc(O)c1. The number of phenols is 1. The molecule has 0 saturated heterocycles. The third-order valence-electron chi connectivity index (χ3n) is 3.16. The second kappa shape index (κ2) is 6.36. The number of aliphatic hydroxyl groups excluding tert-OH is 1. The maximum Gasteiger partial charge on any atom is 0.115 e. The summed E-state index contributed by atoms with van der Waals surface area (Å²) in [6.07, 6.45) is -0.643. The van der Waals surface area contributed by atoms with E-state index in [1.54, 1.807) is 18.2 Å². The van der Waals surface area contributed by atoms with Crippen molar-refractivity contribution in [3.8, 4) is 5.75 Å². The molecule has 0 fully saturated rings. The van der Waals surface area contributed by atoms with Crippen molar-refractivity contribution in [2.24, 2.45) is 0 Å². The van der Waals surface area contributed by atoms with Gasteiger partial charge in [0.25, 0.3) is 0 Å². The first-order valence-corrected chi connectivity index (χ1v) is 6.41. The van der Waals surface area contributed by atoms with E-state index in [9.17, 15) is 10.2 Å². The molecule has 0 aliphatic carbocycles. The number of phenolic OH excluding ortho intramolecular Hbond substituents is 1. The predicted molar refractivity (Wildman–Crippen MR) is 75.8 cm³/mol. The van der Waals surface area contributed by atoms with Crippen LogP contribution < -0.4 is 5.32 Å². The smallest absolute Gasteiger partial charge is 0.115 e. The lowest BCUT2D eigenvalue weighted by Crippen LogP contribution is -2.31. The van der Waals surface area contributed by atoms with E-state index in [1.807, 2.05) is 43.3 Å². The molecule has 0 saturated carbocycles. The van der Waals surface area contributed by atoms with Crippen LogP contribution in [0.4, 0.5) is 0 Å². The molecule has 0 unspecified atom stereocenters.